The summed E-state index contributed by atoms with van der Waals surface area (Å²) in [5.74, 6) is 0.499. The molecule has 1 aromatic carbocycles. The van der Waals surface area contributed by atoms with Crippen LogP contribution in [-0.2, 0) is 0 Å². The van der Waals surface area contributed by atoms with E-state index in [0.29, 0.717) is 41.6 Å². The number of nitriles is 1. The molecule has 7 heteroatoms. The van der Waals surface area contributed by atoms with Crippen LogP contribution in [0.5, 0.6) is 5.75 Å². The van der Waals surface area contributed by atoms with Crippen molar-refractivity contribution < 1.29 is 9.53 Å². The normalized spacial score (nSPS) is 9.96. The van der Waals surface area contributed by atoms with Crippen molar-refractivity contribution in [3.05, 3.63) is 50.7 Å². The summed E-state index contributed by atoms with van der Waals surface area (Å²) in [4.78, 5) is 16.5. The van der Waals surface area contributed by atoms with E-state index >= 15 is 0 Å². The second-order valence-electron chi connectivity index (χ2n) is 4.54. The van der Waals surface area contributed by atoms with E-state index < -0.39 is 0 Å². The summed E-state index contributed by atoms with van der Waals surface area (Å²) >= 11 is 8.02. The van der Waals surface area contributed by atoms with E-state index in [0.717, 1.165) is 3.57 Å². The zero-order valence-electron chi connectivity index (χ0n) is 12.1. The van der Waals surface area contributed by atoms with E-state index in [1.807, 2.05) is 0 Å². The molecule has 0 aliphatic heterocycles. The molecular weight excluding hydrogens is 429 g/mol. The molecule has 0 saturated heterocycles. The predicted octanol–water partition coefficient (Wildman–Crippen LogP) is 4.27. The zero-order chi connectivity index (χ0) is 16.7. The number of hydrogen-bond acceptors (Lipinski definition) is 4. The van der Waals surface area contributed by atoms with Gasteiger partial charge in [0, 0.05) is 21.2 Å². The average Bonchev–Trinajstić information content (AvgIpc) is 2.55. The van der Waals surface area contributed by atoms with Crippen LogP contribution in [0.4, 0.5) is 5.82 Å². The van der Waals surface area contributed by atoms with Crippen molar-refractivity contribution in [2.24, 2.45) is 0 Å². The van der Waals surface area contributed by atoms with Gasteiger partial charge in [0.2, 0.25) is 0 Å². The molecule has 0 aliphatic rings. The number of aromatic nitrogens is 1. The van der Waals surface area contributed by atoms with Crippen molar-refractivity contribution in [2.75, 3.05) is 11.9 Å². The standard InChI is InChI=1S/C16H13ClIN3O2/c17-11-5-6-13(18)12(10-11)16(22)21-15-14(4-3-8-20-15)23-9-2-1-7-19/h3-6,8,10H,1-2,9H2,(H,20,21,22). The molecule has 2 aromatic rings. The molecule has 0 atom stereocenters. The molecule has 1 N–H and O–H groups in total. The zero-order valence-corrected chi connectivity index (χ0v) is 15.0. The van der Waals surface area contributed by atoms with Gasteiger partial charge in [0.05, 0.1) is 18.2 Å². The lowest BCUT2D eigenvalue weighted by molar-refractivity contribution is 0.102. The van der Waals surface area contributed by atoms with Crippen molar-refractivity contribution in [1.29, 1.82) is 5.26 Å². The first-order chi connectivity index (χ1) is 11.1. The Morgan fingerprint density at radius 3 is 3.04 bits per heavy atom. The van der Waals surface area contributed by atoms with Crippen LogP contribution < -0.4 is 10.1 Å². The highest BCUT2D eigenvalue weighted by Gasteiger charge is 2.14. The maximum Gasteiger partial charge on any atom is 0.258 e. The van der Waals surface area contributed by atoms with Crippen molar-refractivity contribution in [3.63, 3.8) is 0 Å². The van der Waals surface area contributed by atoms with Gasteiger partial charge in [0.25, 0.3) is 5.91 Å². The maximum atomic E-state index is 12.4. The molecular formula is C16H13ClIN3O2. The number of halogens is 2. The van der Waals surface area contributed by atoms with E-state index in [9.17, 15) is 4.79 Å². The number of carbonyl (C=O) groups excluding carboxylic acids is 1. The molecule has 0 spiro atoms. The van der Waals surface area contributed by atoms with E-state index in [1.165, 1.54) is 0 Å². The molecule has 1 aromatic heterocycles. The third-order valence-corrected chi connectivity index (χ3v) is 4.04. The van der Waals surface area contributed by atoms with E-state index in [2.05, 4.69) is 39.0 Å². The average molecular weight is 442 g/mol. The molecule has 2 rings (SSSR count). The first-order valence-electron chi connectivity index (χ1n) is 6.83. The number of rotatable bonds is 6. The summed E-state index contributed by atoms with van der Waals surface area (Å²) in [6, 6.07) is 10.6. The molecule has 0 fully saturated rings. The summed E-state index contributed by atoms with van der Waals surface area (Å²) in [7, 11) is 0. The minimum absolute atomic E-state index is 0.308. The fourth-order valence-corrected chi connectivity index (χ4v) is 2.53. The van der Waals surface area contributed by atoms with Crippen molar-refractivity contribution in [2.45, 2.75) is 12.8 Å². The molecule has 0 unspecified atom stereocenters. The molecule has 0 bridgehead atoms. The Balaban J connectivity index is 2.12. The minimum atomic E-state index is -0.308. The number of unbranched alkanes of at least 4 members (excludes halogenated alkanes) is 1. The van der Waals surface area contributed by atoms with Crippen molar-refractivity contribution >= 4 is 45.9 Å². The highest BCUT2D eigenvalue weighted by molar-refractivity contribution is 14.1. The van der Waals surface area contributed by atoms with Crippen LogP contribution in [0.15, 0.2) is 36.5 Å². The SMILES string of the molecule is N#CCCCOc1cccnc1NC(=O)c1cc(Cl)ccc1I. The minimum Gasteiger partial charge on any atom is -0.490 e. The van der Waals surface area contributed by atoms with Gasteiger partial charge in [-0.25, -0.2) is 4.98 Å². The van der Waals surface area contributed by atoms with Gasteiger partial charge >= 0.3 is 0 Å². The van der Waals surface area contributed by atoms with E-state index in [1.54, 1.807) is 36.5 Å². The van der Waals surface area contributed by atoms with Gasteiger partial charge in [-0.05, 0) is 59.3 Å². The van der Waals surface area contributed by atoms with Crippen LogP contribution in [0, 0.1) is 14.9 Å². The number of benzene rings is 1. The second kappa shape index (κ2) is 8.70. The molecule has 23 heavy (non-hydrogen) atoms. The number of hydrogen-bond donors (Lipinski definition) is 1. The second-order valence-corrected chi connectivity index (χ2v) is 6.14. The fraction of sp³-hybridized carbons (Fsp3) is 0.188. The van der Waals surface area contributed by atoms with Gasteiger partial charge in [0.15, 0.2) is 11.6 Å². The quantitative estimate of drug-likeness (QED) is 0.536. The molecule has 5 nitrogen and oxygen atoms in total. The number of nitrogens with one attached hydrogen (secondary N) is 1. The predicted molar refractivity (Wildman–Crippen MR) is 96.7 cm³/mol. The first-order valence-corrected chi connectivity index (χ1v) is 8.28. The third-order valence-electron chi connectivity index (χ3n) is 2.87. The molecule has 0 radical (unpaired) electrons. The maximum absolute atomic E-state index is 12.4. The number of pyridine rings is 1. The summed E-state index contributed by atoms with van der Waals surface area (Å²) in [6.45, 7) is 0.386. The third kappa shape index (κ3) is 5.08. The monoisotopic (exact) mass is 441 g/mol. The Kier molecular flexibility index (Phi) is 6.62. The Hall–Kier alpha value is -1.85. The van der Waals surface area contributed by atoms with Gasteiger partial charge in [-0.2, -0.15) is 5.26 Å². The largest absolute Gasteiger partial charge is 0.490 e. The van der Waals surface area contributed by atoms with Gasteiger partial charge in [-0.15, -0.1) is 0 Å². The number of nitrogens with zero attached hydrogens (tertiary/aromatic N) is 2. The topological polar surface area (TPSA) is 75.0 Å². The van der Waals surface area contributed by atoms with Gasteiger partial charge in [-0.3, -0.25) is 4.79 Å². The summed E-state index contributed by atoms with van der Waals surface area (Å²) in [5, 5.41) is 11.7. The van der Waals surface area contributed by atoms with Gasteiger partial charge in [-0.1, -0.05) is 11.6 Å². The molecule has 0 aliphatic carbocycles. The summed E-state index contributed by atoms with van der Waals surface area (Å²) in [5.41, 5.74) is 0.471. The lowest BCUT2D eigenvalue weighted by Gasteiger charge is -2.11. The molecule has 1 heterocycles. The Morgan fingerprint density at radius 2 is 2.26 bits per heavy atom. The van der Waals surface area contributed by atoms with Gasteiger partial charge < -0.3 is 10.1 Å². The highest BCUT2D eigenvalue weighted by Crippen LogP contribution is 2.24. The first kappa shape index (κ1) is 17.5. The molecule has 118 valence electrons. The number of amides is 1. The van der Waals surface area contributed by atoms with Crippen molar-refractivity contribution in [3.8, 4) is 11.8 Å². The summed E-state index contributed by atoms with van der Waals surface area (Å²) in [6.07, 6.45) is 2.61. The van der Waals surface area contributed by atoms with Crippen LogP contribution in [-0.4, -0.2) is 17.5 Å². The Morgan fingerprint density at radius 1 is 1.43 bits per heavy atom. The van der Waals surface area contributed by atoms with Crippen LogP contribution in [0.3, 0.4) is 0 Å². The van der Waals surface area contributed by atoms with Crippen LogP contribution >= 0.6 is 34.2 Å². The fourth-order valence-electron chi connectivity index (χ4n) is 1.78. The molecule has 0 saturated carbocycles. The van der Waals surface area contributed by atoms with Gasteiger partial charge in [0.1, 0.15) is 0 Å². The van der Waals surface area contributed by atoms with Crippen LogP contribution in [0.25, 0.3) is 0 Å². The Labute approximate surface area is 152 Å². The summed E-state index contributed by atoms with van der Waals surface area (Å²) < 4.78 is 6.36. The number of ether oxygens (including phenoxy) is 1. The van der Waals surface area contributed by atoms with Crippen LogP contribution in [0.2, 0.25) is 5.02 Å². The Bertz CT molecular complexity index is 746. The number of carbonyl (C=O) groups is 1. The lowest BCUT2D eigenvalue weighted by Crippen LogP contribution is -2.15. The lowest BCUT2D eigenvalue weighted by atomic mass is 10.2. The van der Waals surface area contributed by atoms with Crippen molar-refractivity contribution in [1.82, 2.24) is 4.98 Å². The van der Waals surface area contributed by atoms with E-state index in [-0.39, 0.29) is 5.91 Å². The highest BCUT2D eigenvalue weighted by atomic mass is 127. The smallest absolute Gasteiger partial charge is 0.258 e. The number of anilines is 1. The van der Waals surface area contributed by atoms with Crippen LogP contribution in [0.1, 0.15) is 23.2 Å². The molecule has 1 amide bonds. The van der Waals surface area contributed by atoms with E-state index in [4.69, 9.17) is 21.6 Å².